The van der Waals surface area contributed by atoms with Crippen molar-refractivity contribution in [2.45, 2.75) is 24.9 Å². The lowest BCUT2D eigenvalue weighted by Gasteiger charge is -2.22. The number of fused-ring (bicyclic) bond motifs is 7. The predicted molar refractivity (Wildman–Crippen MR) is 225 cm³/mol. The summed E-state index contributed by atoms with van der Waals surface area (Å²) in [6.45, 7) is 0. The number of nitrogens with zero attached hydrogens (tertiary/aromatic N) is 3. The van der Waals surface area contributed by atoms with Crippen molar-refractivity contribution >= 4 is 33.2 Å². The number of aromatic nitrogens is 3. The number of ether oxygens (including phenoxy) is 1. The molecule has 7 aromatic carbocycles. The fourth-order valence-electron chi connectivity index (χ4n) is 8.65. The summed E-state index contributed by atoms with van der Waals surface area (Å²) in [7, 11) is 0. The van der Waals surface area contributed by atoms with Crippen LogP contribution in [0.2, 0.25) is 0 Å². The molecule has 0 fully saturated rings. The highest BCUT2D eigenvalue weighted by Gasteiger charge is 2.40. The Kier molecular flexibility index (Phi) is 7.41. The van der Waals surface area contributed by atoms with Gasteiger partial charge in [0.2, 0.25) is 0 Å². The van der Waals surface area contributed by atoms with E-state index in [1.165, 1.54) is 33.0 Å². The maximum atomic E-state index is 6.85. The Labute approximate surface area is 319 Å². The summed E-state index contributed by atoms with van der Waals surface area (Å²) in [6, 6.07) is 51.8. The molecule has 2 unspecified atom stereocenters. The SMILES string of the molecule is C1=CC2Oc3c(-c4ccc(-c5ccccc5)cc4)cccc3C2C(c2nc(-c3ccc4c(c3)C=CCC4)nc(-c3cc4ccccc4c4ccccc34)n2)=C1. The number of aryl methyl sites for hydroxylation is 1. The largest absolute Gasteiger partial charge is 0.484 e. The molecular formula is C51H35N3O. The van der Waals surface area contributed by atoms with E-state index in [1.54, 1.807) is 0 Å². The van der Waals surface area contributed by atoms with Crippen molar-refractivity contribution in [3.63, 3.8) is 0 Å². The molecule has 260 valence electrons. The quantitative estimate of drug-likeness (QED) is 0.167. The van der Waals surface area contributed by atoms with E-state index in [0.29, 0.717) is 17.5 Å². The van der Waals surface area contributed by atoms with Crippen molar-refractivity contribution < 1.29 is 4.74 Å². The van der Waals surface area contributed by atoms with Crippen LogP contribution in [0.4, 0.5) is 0 Å². The van der Waals surface area contributed by atoms with Gasteiger partial charge in [-0.2, -0.15) is 0 Å². The summed E-state index contributed by atoms with van der Waals surface area (Å²) < 4.78 is 6.85. The summed E-state index contributed by atoms with van der Waals surface area (Å²) in [5, 5.41) is 4.66. The monoisotopic (exact) mass is 705 g/mol. The predicted octanol–water partition coefficient (Wildman–Crippen LogP) is 12.3. The van der Waals surface area contributed by atoms with Gasteiger partial charge in [-0.25, -0.2) is 15.0 Å². The van der Waals surface area contributed by atoms with Gasteiger partial charge in [0.05, 0.1) is 5.92 Å². The van der Waals surface area contributed by atoms with Gasteiger partial charge in [-0.15, -0.1) is 0 Å². The Morgan fingerprint density at radius 1 is 0.545 bits per heavy atom. The van der Waals surface area contributed by atoms with Crippen molar-refractivity contribution in [3.05, 3.63) is 192 Å². The molecule has 0 amide bonds. The van der Waals surface area contributed by atoms with Crippen LogP contribution in [0, 0.1) is 0 Å². The second-order valence-corrected chi connectivity index (χ2v) is 14.6. The smallest absolute Gasteiger partial charge is 0.164 e. The summed E-state index contributed by atoms with van der Waals surface area (Å²) in [4.78, 5) is 15.9. The van der Waals surface area contributed by atoms with Crippen molar-refractivity contribution in [1.29, 1.82) is 0 Å². The van der Waals surface area contributed by atoms with Gasteiger partial charge in [0.15, 0.2) is 17.5 Å². The van der Waals surface area contributed by atoms with Gasteiger partial charge in [0.25, 0.3) is 0 Å². The first-order chi connectivity index (χ1) is 27.2. The molecule has 0 radical (unpaired) electrons. The summed E-state index contributed by atoms with van der Waals surface area (Å²) in [5.74, 6) is 2.83. The lowest BCUT2D eigenvalue weighted by molar-refractivity contribution is 0.272. The first-order valence-corrected chi connectivity index (χ1v) is 19.1. The zero-order valence-electron chi connectivity index (χ0n) is 30.1. The summed E-state index contributed by atoms with van der Waals surface area (Å²) in [6.07, 6.45) is 12.8. The van der Waals surface area contributed by atoms with Crippen molar-refractivity contribution in [2.75, 3.05) is 0 Å². The fraction of sp³-hybridized carbons (Fsp3) is 0.0784. The van der Waals surface area contributed by atoms with Crippen LogP contribution < -0.4 is 4.74 Å². The molecule has 4 heteroatoms. The molecule has 0 bridgehead atoms. The number of hydrogen-bond donors (Lipinski definition) is 0. The van der Waals surface area contributed by atoms with Gasteiger partial charge in [0.1, 0.15) is 11.9 Å². The van der Waals surface area contributed by atoms with Crippen LogP contribution >= 0.6 is 0 Å². The highest BCUT2D eigenvalue weighted by Crippen LogP contribution is 2.51. The summed E-state index contributed by atoms with van der Waals surface area (Å²) in [5.41, 5.74) is 11.3. The van der Waals surface area contributed by atoms with Crippen molar-refractivity contribution in [1.82, 2.24) is 15.0 Å². The number of benzene rings is 7. The first kappa shape index (κ1) is 31.6. The van der Waals surface area contributed by atoms with E-state index < -0.39 is 0 Å². The molecule has 55 heavy (non-hydrogen) atoms. The van der Waals surface area contributed by atoms with Gasteiger partial charge < -0.3 is 4.74 Å². The molecule has 3 aliphatic rings. The van der Waals surface area contributed by atoms with Gasteiger partial charge in [-0.1, -0.05) is 158 Å². The standard InChI is InChI=1S/C51H35N3O/c1-2-12-32(13-3-1)34-24-27-35(28-25-34)40-20-10-21-43-47-44(22-11-23-46(47)55-48(40)43)50-52-49(38-29-26-33-14-4-5-15-36(33)30-38)53-51(54-50)45-31-37-16-6-7-17-39(37)41-18-8-9-19-42(41)45/h1-3,5-13,15-31,46-47H,4,14H2. The highest BCUT2D eigenvalue weighted by atomic mass is 16.5. The normalized spacial score (nSPS) is 16.7. The van der Waals surface area contributed by atoms with E-state index in [4.69, 9.17) is 19.7 Å². The minimum absolute atomic E-state index is 0.0774. The molecule has 4 nitrogen and oxygen atoms in total. The molecule has 1 aliphatic heterocycles. The lowest BCUT2D eigenvalue weighted by atomic mass is 9.83. The Morgan fingerprint density at radius 2 is 1.27 bits per heavy atom. The molecule has 0 spiro atoms. The Hall–Kier alpha value is -6.91. The molecule has 2 heterocycles. The molecular weight excluding hydrogens is 671 g/mol. The number of allylic oxidation sites excluding steroid dienone is 3. The molecule has 2 atom stereocenters. The average molecular weight is 706 g/mol. The second-order valence-electron chi connectivity index (χ2n) is 14.6. The molecule has 8 aromatic rings. The zero-order valence-corrected chi connectivity index (χ0v) is 30.1. The van der Waals surface area contributed by atoms with Gasteiger partial charge in [-0.3, -0.25) is 0 Å². The van der Waals surface area contributed by atoms with Crippen LogP contribution in [-0.2, 0) is 6.42 Å². The third kappa shape index (κ3) is 5.41. The van der Waals surface area contributed by atoms with Gasteiger partial charge in [0, 0.05) is 27.8 Å². The highest BCUT2D eigenvalue weighted by molar-refractivity contribution is 6.13. The van der Waals surface area contributed by atoms with E-state index in [2.05, 4.69) is 176 Å². The third-order valence-electron chi connectivity index (χ3n) is 11.4. The van der Waals surface area contributed by atoms with Crippen LogP contribution in [0.3, 0.4) is 0 Å². The van der Waals surface area contributed by atoms with Gasteiger partial charge in [-0.05, 0) is 80.4 Å². The Bertz CT molecular complexity index is 2910. The first-order valence-electron chi connectivity index (χ1n) is 19.1. The van der Waals surface area contributed by atoms with Crippen molar-refractivity contribution in [2.24, 2.45) is 0 Å². The minimum Gasteiger partial charge on any atom is -0.484 e. The van der Waals surface area contributed by atoms with Crippen LogP contribution in [0.1, 0.15) is 34.9 Å². The van der Waals surface area contributed by atoms with Crippen molar-refractivity contribution in [3.8, 4) is 50.8 Å². The Balaban J connectivity index is 1.06. The fourth-order valence-corrected chi connectivity index (χ4v) is 8.65. The molecule has 2 aliphatic carbocycles. The van der Waals surface area contributed by atoms with Crippen LogP contribution in [-0.4, -0.2) is 21.1 Å². The van der Waals surface area contributed by atoms with Crippen LogP contribution in [0.5, 0.6) is 5.75 Å². The number of hydrogen-bond acceptors (Lipinski definition) is 4. The topological polar surface area (TPSA) is 47.9 Å². The van der Waals surface area contributed by atoms with E-state index in [9.17, 15) is 0 Å². The molecule has 0 saturated carbocycles. The van der Waals surface area contributed by atoms with Crippen LogP contribution in [0.15, 0.2) is 170 Å². The molecule has 0 saturated heterocycles. The lowest BCUT2D eigenvalue weighted by Crippen LogP contribution is -2.20. The zero-order chi connectivity index (χ0) is 36.3. The van der Waals surface area contributed by atoms with E-state index in [0.717, 1.165) is 62.8 Å². The van der Waals surface area contributed by atoms with Gasteiger partial charge >= 0.3 is 0 Å². The average Bonchev–Trinajstić information content (AvgIpc) is 3.65. The third-order valence-corrected chi connectivity index (χ3v) is 11.4. The number of para-hydroxylation sites is 1. The second kappa shape index (κ2) is 12.9. The number of rotatable bonds is 5. The van der Waals surface area contributed by atoms with Crippen LogP contribution in [0.25, 0.3) is 78.2 Å². The van der Waals surface area contributed by atoms with E-state index in [-0.39, 0.29) is 12.0 Å². The van der Waals surface area contributed by atoms with E-state index >= 15 is 0 Å². The molecule has 0 N–H and O–H groups in total. The van der Waals surface area contributed by atoms with E-state index in [1.807, 2.05) is 0 Å². The Morgan fingerprint density at radius 3 is 2.16 bits per heavy atom. The summed E-state index contributed by atoms with van der Waals surface area (Å²) >= 11 is 0. The maximum Gasteiger partial charge on any atom is 0.164 e. The molecule has 1 aromatic heterocycles. The molecule has 11 rings (SSSR count). The minimum atomic E-state index is -0.182. The maximum absolute atomic E-state index is 6.85.